The number of hydrogen-bond donors (Lipinski definition) is 2. The first kappa shape index (κ1) is 16.5. The molecule has 0 radical (unpaired) electrons. The molecular formula is C15H11F3N2O3. The Morgan fingerprint density at radius 3 is 2.61 bits per heavy atom. The normalized spacial score (nSPS) is 11.1. The minimum atomic E-state index is -4.49. The van der Waals surface area contributed by atoms with Crippen LogP contribution in [0.3, 0.4) is 0 Å². The molecule has 0 aliphatic rings. The molecule has 5 nitrogen and oxygen atoms in total. The Morgan fingerprint density at radius 1 is 1.22 bits per heavy atom. The molecule has 2 N–H and O–H groups in total. The quantitative estimate of drug-likeness (QED) is 0.906. The summed E-state index contributed by atoms with van der Waals surface area (Å²) in [4.78, 5) is 26.6. The Labute approximate surface area is 128 Å². The summed E-state index contributed by atoms with van der Waals surface area (Å²) in [7, 11) is 0. The first-order chi connectivity index (χ1) is 10.8. The fourth-order valence-electron chi connectivity index (χ4n) is 1.92. The largest absolute Gasteiger partial charge is 0.478 e. The van der Waals surface area contributed by atoms with Crippen molar-refractivity contribution >= 4 is 17.6 Å². The third-order valence-electron chi connectivity index (χ3n) is 2.94. The molecule has 2 aromatic rings. The summed E-state index contributed by atoms with van der Waals surface area (Å²) in [5, 5.41) is 11.3. The number of carbonyl (C=O) groups is 2. The zero-order valence-corrected chi connectivity index (χ0v) is 11.6. The highest BCUT2D eigenvalue weighted by Gasteiger charge is 2.30. The van der Waals surface area contributed by atoms with Gasteiger partial charge in [-0.25, -0.2) is 4.79 Å². The summed E-state index contributed by atoms with van der Waals surface area (Å²) in [5.74, 6) is -1.89. The number of aromatic nitrogens is 1. The smallest absolute Gasteiger partial charge is 0.416 e. The zero-order chi connectivity index (χ0) is 17.0. The molecule has 2 rings (SSSR count). The summed E-state index contributed by atoms with van der Waals surface area (Å²) in [6.45, 7) is 0. The molecule has 1 aromatic heterocycles. The van der Waals surface area contributed by atoms with Crippen LogP contribution in [-0.4, -0.2) is 22.0 Å². The molecule has 1 aromatic carbocycles. The van der Waals surface area contributed by atoms with Gasteiger partial charge in [0.25, 0.3) is 0 Å². The van der Waals surface area contributed by atoms with Crippen LogP contribution in [0.15, 0.2) is 42.7 Å². The van der Waals surface area contributed by atoms with Gasteiger partial charge in [0, 0.05) is 6.20 Å². The van der Waals surface area contributed by atoms with Crippen molar-refractivity contribution in [2.45, 2.75) is 12.6 Å². The average Bonchev–Trinajstić information content (AvgIpc) is 2.46. The Morgan fingerprint density at radius 2 is 1.96 bits per heavy atom. The molecule has 8 heteroatoms. The fraction of sp³-hybridized carbons (Fsp3) is 0.133. The molecule has 0 saturated heterocycles. The van der Waals surface area contributed by atoms with Crippen LogP contribution in [0.2, 0.25) is 0 Å². The van der Waals surface area contributed by atoms with Crippen LogP contribution in [0, 0.1) is 0 Å². The maximum atomic E-state index is 12.6. The maximum Gasteiger partial charge on any atom is 0.416 e. The van der Waals surface area contributed by atoms with Crippen molar-refractivity contribution in [2.24, 2.45) is 0 Å². The lowest BCUT2D eigenvalue weighted by Crippen LogP contribution is -2.17. The average molecular weight is 324 g/mol. The number of carboxylic acid groups (broad SMARTS) is 1. The van der Waals surface area contributed by atoms with E-state index in [1.54, 1.807) is 0 Å². The Kier molecular flexibility index (Phi) is 4.63. The topological polar surface area (TPSA) is 79.3 Å². The second-order valence-corrected chi connectivity index (χ2v) is 4.65. The lowest BCUT2D eigenvalue weighted by atomic mass is 10.1. The van der Waals surface area contributed by atoms with Crippen LogP contribution >= 0.6 is 0 Å². The van der Waals surface area contributed by atoms with Gasteiger partial charge in [-0.2, -0.15) is 13.2 Å². The first-order valence-electron chi connectivity index (χ1n) is 6.40. The van der Waals surface area contributed by atoms with Crippen LogP contribution in [0.5, 0.6) is 0 Å². The number of alkyl halides is 3. The molecule has 1 amide bonds. The number of nitrogens with one attached hydrogen (secondary N) is 1. The van der Waals surface area contributed by atoms with Gasteiger partial charge in [0.1, 0.15) is 0 Å². The maximum absolute atomic E-state index is 12.6. The van der Waals surface area contributed by atoms with Gasteiger partial charge in [0.05, 0.1) is 29.4 Å². The minimum absolute atomic E-state index is 0.0167. The van der Waals surface area contributed by atoms with Crippen molar-refractivity contribution in [3.63, 3.8) is 0 Å². The van der Waals surface area contributed by atoms with Crippen LogP contribution in [0.1, 0.15) is 21.5 Å². The Bertz CT molecular complexity index is 745. The van der Waals surface area contributed by atoms with E-state index in [1.165, 1.54) is 24.4 Å². The molecule has 23 heavy (non-hydrogen) atoms. The highest BCUT2D eigenvalue weighted by Crippen LogP contribution is 2.29. The van der Waals surface area contributed by atoms with E-state index in [0.717, 1.165) is 18.3 Å². The monoisotopic (exact) mass is 324 g/mol. The molecule has 0 bridgehead atoms. The van der Waals surface area contributed by atoms with Gasteiger partial charge >= 0.3 is 12.1 Å². The number of rotatable bonds is 4. The summed E-state index contributed by atoms with van der Waals surface area (Å²) in [6.07, 6.45) is -2.40. The van der Waals surface area contributed by atoms with Gasteiger partial charge in [0.15, 0.2) is 0 Å². The summed E-state index contributed by atoms with van der Waals surface area (Å²) >= 11 is 0. The number of carbonyl (C=O) groups excluding carboxylic acids is 1. The molecule has 0 unspecified atom stereocenters. The molecule has 0 aliphatic carbocycles. The standard InChI is InChI=1S/C15H11F3N2O3/c16-15(17,18)10-3-1-2-9(6-10)7-13(21)20-12-8-19-5-4-11(12)14(22)23/h1-6,8H,7H2,(H,20,21)(H,22,23). The number of pyridine rings is 1. The lowest BCUT2D eigenvalue weighted by Gasteiger charge is -2.10. The number of hydrogen-bond acceptors (Lipinski definition) is 3. The number of aromatic carboxylic acids is 1. The van der Waals surface area contributed by atoms with Crippen molar-refractivity contribution in [1.29, 1.82) is 0 Å². The van der Waals surface area contributed by atoms with Gasteiger partial charge in [-0.1, -0.05) is 18.2 Å². The molecule has 0 spiro atoms. The van der Waals surface area contributed by atoms with Crippen LogP contribution < -0.4 is 5.32 Å². The highest BCUT2D eigenvalue weighted by molar-refractivity contribution is 6.00. The molecule has 0 saturated carbocycles. The van der Waals surface area contributed by atoms with E-state index < -0.39 is 23.6 Å². The molecule has 1 heterocycles. The lowest BCUT2D eigenvalue weighted by molar-refractivity contribution is -0.137. The molecule has 0 aliphatic heterocycles. The molecule has 0 atom stereocenters. The number of anilines is 1. The zero-order valence-electron chi connectivity index (χ0n) is 11.6. The van der Waals surface area contributed by atoms with Crippen molar-refractivity contribution in [2.75, 3.05) is 5.32 Å². The molecule has 0 fully saturated rings. The number of halogens is 3. The van der Waals surface area contributed by atoms with E-state index in [4.69, 9.17) is 5.11 Å². The van der Waals surface area contributed by atoms with E-state index in [2.05, 4.69) is 10.3 Å². The van der Waals surface area contributed by atoms with E-state index >= 15 is 0 Å². The van der Waals surface area contributed by atoms with E-state index in [0.29, 0.717) is 0 Å². The van der Waals surface area contributed by atoms with Crippen LogP contribution in [-0.2, 0) is 17.4 Å². The number of benzene rings is 1. The van der Waals surface area contributed by atoms with Crippen molar-refractivity contribution in [3.8, 4) is 0 Å². The van der Waals surface area contributed by atoms with Crippen LogP contribution in [0.4, 0.5) is 18.9 Å². The highest BCUT2D eigenvalue weighted by atomic mass is 19.4. The SMILES string of the molecule is O=C(Cc1cccc(C(F)(F)F)c1)Nc1cnccc1C(=O)O. The van der Waals surface area contributed by atoms with Gasteiger partial charge in [-0.15, -0.1) is 0 Å². The van der Waals surface area contributed by atoms with Gasteiger partial charge < -0.3 is 10.4 Å². The second kappa shape index (κ2) is 6.47. The van der Waals surface area contributed by atoms with Crippen molar-refractivity contribution in [1.82, 2.24) is 4.98 Å². The Balaban J connectivity index is 2.13. The number of nitrogens with zero attached hydrogens (tertiary/aromatic N) is 1. The van der Waals surface area contributed by atoms with Gasteiger partial charge in [0.2, 0.25) is 5.91 Å². The second-order valence-electron chi connectivity index (χ2n) is 4.65. The fourth-order valence-corrected chi connectivity index (χ4v) is 1.92. The molecule has 120 valence electrons. The number of carboxylic acids is 1. The predicted molar refractivity (Wildman–Crippen MR) is 75.0 cm³/mol. The third kappa shape index (κ3) is 4.29. The minimum Gasteiger partial charge on any atom is -0.478 e. The number of amides is 1. The summed E-state index contributed by atoms with van der Waals surface area (Å²) < 4.78 is 37.9. The van der Waals surface area contributed by atoms with E-state index in [9.17, 15) is 22.8 Å². The van der Waals surface area contributed by atoms with Crippen molar-refractivity contribution in [3.05, 3.63) is 59.4 Å². The van der Waals surface area contributed by atoms with E-state index in [1.807, 2.05) is 0 Å². The van der Waals surface area contributed by atoms with Crippen LogP contribution in [0.25, 0.3) is 0 Å². The van der Waals surface area contributed by atoms with Gasteiger partial charge in [-0.05, 0) is 17.7 Å². The van der Waals surface area contributed by atoms with Gasteiger partial charge in [-0.3, -0.25) is 9.78 Å². The van der Waals surface area contributed by atoms with E-state index in [-0.39, 0.29) is 23.2 Å². The summed E-state index contributed by atoms with van der Waals surface area (Å²) in [5.41, 5.74) is -0.858. The third-order valence-corrected chi connectivity index (χ3v) is 2.94. The Hall–Kier alpha value is -2.90. The molecular weight excluding hydrogens is 313 g/mol. The summed E-state index contributed by atoms with van der Waals surface area (Å²) in [6, 6.07) is 5.59. The predicted octanol–water partition coefficient (Wildman–Crippen LogP) is 2.98. The first-order valence-corrected chi connectivity index (χ1v) is 6.40. The van der Waals surface area contributed by atoms with Crippen molar-refractivity contribution < 1.29 is 27.9 Å².